The second-order valence-electron chi connectivity index (χ2n) is 9.14. The number of ether oxygens (including phenoxy) is 2. The number of fused-ring (bicyclic) bond motifs is 6. The Balaban J connectivity index is 1.38. The van der Waals surface area contributed by atoms with Gasteiger partial charge in [0, 0.05) is 47.8 Å². The molecule has 0 atom stereocenters. The molecule has 0 spiro atoms. The zero-order valence-corrected chi connectivity index (χ0v) is 18.5. The molecule has 3 heterocycles. The SMILES string of the molecule is CN1Cc2c(oc3cc4c(cc23)C=CC(C)(C)O4)-c2ccc(OCc3ccccc3)cc21. The highest BCUT2D eigenvalue weighted by Crippen LogP contribution is 2.46. The maximum atomic E-state index is 6.40. The van der Waals surface area contributed by atoms with E-state index in [1.807, 2.05) is 30.3 Å². The van der Waals surface area contributed by atoms with Crippen LogP contribution in [0.15, 0.2) is 71.2 Å². The van der Waals surface area contributed by atoms with Crippen LogP contribution in [0.25, 0.3) is 28.4 Å². The van der Waals surface area contributed by atoms with Crippen molar-refractivity contribution in [2.75, 3.05) is 11.9 Å². The largest absolute Gasteiger partial charge is 0.489 e. The Morgan fingerprint density at radius 2 is 1.88 bits per heavy atom. The van der Waals surface area contributed by atoms with Crippen LogP contribution in [0.2, 0.25) is 0 Å². The van der Waals surface area contributed by atoms with Crippen LogP contribution in [-0.4, -0.2) is 12.6 Å². The van der Waals surface area contributed by atoms with Crippen molar-refractivity contribution in [1.29, 1.82) is 0 Å². The number of hydrogen-bond acceptors (Lipinski definition) is 4. The van der Waals surface area contributed by atoms with Crippen LogP contribution in [0.5, 0.6) is 11.5 Å². The van der Waals surface area contributed by atoms with Gasteiger partial charge in [0.2, 0.25) is 0 Å². The predicted molar refractivity (Wildman–Crippen MR) is 128 cm³/mol. The molecule has 0 saturated carbocycles. The van der Waals surface area contributed by atoms with Gasteiger partial charge in [-0.15, -0.1) is 0 Å². The van der Waals surface area contributed by atoms with Gasteiger partial charge >= 0.3 is 0 Å². The second kappa shape index (κ2) is 6.92. The number of benzene rings is 3. The second-order valence-corrected chi connectivity index (χ2v) is 9.14. The average Bonchev–Trinajstić information content (AvgIpc) is 3.13. The summed E-state index contributed by atoms with van der Waals surface area (Å²) < 4.78 is 18.6. The lowest BCUT2D eigenvalue weighted by Gasteiger charge is -2.28. The molecular formula is C28H25NO3. The summed E-state index contributed by atoms with van der Waals surface area (Å²) in [7, 11) is 2.12. The van der Waals surface area contributed by atoms with Gasteiger partial charge in [-0.1, -0.05) is 36.4 Å². The van der Waals surface area contributed by atoms with Crippen LogP contribution < -0.4 is 14.4 Å². The molecule has 0 bridgehead atoms. The van der Waals surface area contributed by atoms with Crippen LogP contribution in [-0.2, 0) is 13.2 Å². The zero-order chi connectivity index (χ0) is 21.9. The van der Waals surface area contributed by atoms with Gasteiger partial charge in [-0.2, -0.15) is 0 Å². The first-order chi connectivity index (χ1) is 15.5. The van der Waals surface area contributed by atoms with E-state index in [-0.39, 0.29) is 5.60 Å². The Morgan fingerprint density at radius 3 is 2.72 bits per heavy atom. The molecule has 0 aliphatic carbocycles. The van der Waals surface area contributed by atoms with Crippen LogP contribution in [0, 0.1) is 0 Å². The molecule has 0 fully saturated rings. The first-order valence-electron chi connectivity index (χ1n) is 11.0. The predicted octanol–water partition coefficient (Wildman–Crippen LogP) is 6.81. The van der Waals surface area contributed by atoms with Gasteiger partial charge in [0.05, 0.1) is 5.69 Å². The molecule has 6 rings (SSSR count). The van der Waals surface area contributed by atoms with Crippen LogP contribution in [0.4, 0.5) is 5.69 Å². The average molecular weight is 424 g/mol. The highest BCUT2D eigenvalue weighted by atomic mass is 16.5. The van der Waals surface area contributed by atoms with Gasteiger partial charge in [-0.05, 0) is 43.7 Å². The standard InChI is InChI=1S/C28H25NO3/c1-28(2)12-11-19-13-22-23-16-29(3)24-14-20(30-17-18-7-5-4-6-8-18)9-10-21(24)27(23)31-26(22)15-25(19)32-28/h4-15H,16-17H2,1-3H3. The fourth-order valence-electron chi connectivity index (χ4n) is 4.57. The lowest BCUT2D eigenvalue weighted by Crippen LogP contribution is -2.27. The molecule has 0 saturated heterocycles. The molecule has 0 radical (unpaired) electrons. The van der Waals surface area contributed by atoms with E-state index in [9.17, 15) is 0 Å². The molecule has 0 amide bonds. The summed E-state index contributed by atoms with van der Waals surface area (Å²) in [5.74, 6) is 2.66. The summed E-state index contributed by atoms with van der Waals surface area (Å²) in [6.07, 6.45) is 4.25. The van der Waals surface area contributed by atoms with Gasteiger partial charge in [0.15, 0.2) is 0 Å². The van der Waals surface area contributed by atoms with E-state index in [4.69, 9.17) is 13.9 Å². The van der Waals surface area contributed by atoms with Gasteiger partial charge < -0.3 is 18.8 Å². The van der Waals surface area contributed by atoms with Crippen molar-refractivity contribution in [3.05, 3.63) is 83.4 Å². The monoisotopic (exact) mass is 423 g/mol. The Bertz CT molecular complexity index is 1360. The number of hydrogen-bond donors (Lipinski definition) is 0. The zero-order valence-electron chi connectivity index (χ0n) is 18.5. The summed E-state index contributed by atoms with van der Waals surface area (Å²) >= 11 is 0. The summed E-state index contributed by atoms with van der Waals surface area (Å²) in [6, 6.07) is 20.7. The van der Waals surface area contributed by atoms with Gasteiger partial charge in [0.1, 0.15) is 35.1 Å². The Hall–Kier alpha value is -3.66. The molecule has 2 aliphatic rings. The van der Waals surface area contributed by atoms with E-state index in [1.54, 1.807) is 0 Å². The molecule has 4 heteroatoms. The Morgan fingerprint density at radius 1 is 1.03 bits per heavy atom. The molecular weight excluding hydrogens is 398 g/mol. The van der Waals surface area contributed by atoms with E-state index < -0.39 is 0 Å². The highest BCUT2D eigenvalue weighted by molar-refractivity contribution is 5.95. The van der Waals surface area contributed by atoms with E-state index >= 15 is 0 Å². The number of furan rings is 1. The molecule has 4 aromatic rings. The third-order valence-electron chi connectivity index (χ3n) is 6.23. The quantitative estimate of drug-likeness (QED) is 0.362. The fourth-order valence-corrected chi connectivity index (χ4v) is 4.57. The number of rotatable bonds is 3. The molecule has 3 aromatic carbocycles. The van der Waals surface area contributed by atoms with E-state index in [0.717, 1.165) is 57.2 Å². The van der Waals surface area contributed by atoms with Crippen molar-refractivity contribution < 1.29 is 13.9 Å². The van der Waals surface area contributed by atoms with E-state index in [2.05, 4.69) is 68.3 Å². The highest BCUT2D eigenvalue weighted by Gasteiger charge is 2.29. The first kappa shape index (κ1) is 19.1. The van der Waals surface area contributed by atoms with Crippen LogP contribution >= 0.6 is 0 Å². The van der Waals surface area contributed by atoms with Crippen molar-refractivity contribution in [3.8, 4) is 22.8 Å². The maximum Gasteiger partial charge on any atom is 0.142 e. The normalized spacial score (nSPS) is 15.7. The van der Waals surface area contributed by atoms with Gasteiger partial charge in [-0.3, -0.25) is 0 Å². The molecule has 32 heavy (non-hydrogen) atoms. The van der Waals surface area contributed by atoms with Gasteiger partial charge in [-0.25, -0.2) is 0 Å². The summed E-state index contributed by atoms with van der Waals surface area (Å²) in [6.45, 7) is 5.46. The molecule has 0 unspecified atom stereocenters. The minimum absolute atomic E-state index is 0.310. The van der Waals surface area contributed by atoms with Crippen LogP contribution in [0.3, 0.4) is 0 Å². The number of nitrogens with zero attached hydrogens (tertiary/aromatic N) is 1. The minimum Gasteiger partial charge on any atom is -0.489 e. The third-order valence-corrected chi connectivity index (χ3v) is 6.23. The topological polar surface area (TPSA) is 34.8 Å². The van der Waals surface area contributed by atoms with Crippen molar-refractivity contribution in [3.63, 3.8) is 0 Å². The van der Waals surface area contributed by atoms with Crippen molar-refractivity contribution in [1.82, 2.24) is 0 Å². The minimum atomic E-state index is -0.310. The Labute approximate surface area is 187 Å². The maximum absolute atomic E-state index is 6.40. The van der Waals surface area contributed by atoms with Crippen molar-refractivity contribution in [2.24, 2.45) is 0 Å². The lowest BCUT2D eigenvalue weighted by molar-refractivity contribution is 0.159. The molecule has 2 aliphatic heterocycles. The molecule has 4 nitrogen and oxygen atoms in total. The summed E-state index contributed by atoms with van der Waals surface area (Å²) in [5.41, 5.74) is 6.23. The van der Waals surface area contributed by atoms with Crippen molar-refractivity contribution >= 4 is 22.7 Å². The van der Waals surface area contributed by atoms with Crippen LogP contribution in [0.1, 0.15) is 30.5 Å². The summed E-state index contributed by atoms with van der Waals surface area (Å²) in [5, 5.41) is 1.15. The van der Waals surface area contributed by atoms with Crippen molar-refractivity contribution in [2.45, 2.75) is 32.6 Å². The molecule has 0 N–H and O–H groups in total. The molecule has 1 aromatic heterocycles. The fraction of sp³-hybridized carbons (Fsp3) is 0.214. The first-order valence-corrected chi connectivity index (χ1v) is 11.0. The Kier molecular flexibility index (Phi) is 4.12. The summed E-state index contributed by atoms with van der Waals surface area (Å²) in [4.78, 5) is 2.26. The smallest absolute Gasteiger partial charge is 0.142 e. The number of anilines is 1. The molecule has 160 valence electrons. The lowest BCUT2D eigenvalue weighted by atomic mass is 9.96. The van der Waals surface area contributed by atoms with E-state index in [0.29, 0.717) is 6.61 Å². The van der Waals surface area contributed by atoms with E-state index in [1.165, 1.54) is 5.56 Å². The van der Waals surface area contributed by atoms with Gasteiger partial charge in [0.25, 0.3) is 0 Å². The third kappa shape index (κ3) is 3.14.